The number of rotatable bonds is 1. The summed E-state index contributed by atoms with van der Waals surface area (Å²) in [6.07, 6.45) is 0. The first-order chi connectivity index (χ1) is 9.58. The Bertz CT molecular complexity index is 877. The van der Waals surface area contributed by atoms with Crippen LogP contribution < -0.4 is 5.56 Å². The van der Waals surface area contributed by atoms with Gasteiger partial charge < -0.3 is 0 Å². The fraction of sp³-hybridized carbons (Fsp3) is 0. The number of hydrogen-bond acceptors (Lipinski definition) is 2. The quantitative estimate of drug-likeness (QED) is 0.685. The van der Waals surface area contributed by atoms with E-state index in [1.54, 1.807) is 24.3 Å². The third kappa shape index (κ3) is 2.07. The highest BCUT2D eigenvalue weighted by Crippen LogP contribution is 2.21. The number of hydrogen-bond donors (Lipinski definition) is 0. The molecule has 0 unspecified atom stereocenters. The molecule has 2 aromatic carbocycles. The van der Waals surface area contributed by atoms with E-state index in [1.165, 1.54) is 18.2 Å². The van der Waals surface area contributed by atoms with Gasteiger partial charge >= 0.3 is 0 Å². The van der Waals surface area contributed by atoms with Crippen LogP contribution in [0.5, 0.6) is 0 Å². The first kappa shape index (κ1) is 13.1. The average Bonchev–Trinajstić information content (AvgIpc) is 2.46. The van der Waals surface area contributed by atoms with Crippen molar-refractivity contribution in [3.63, 3.8) is 0 Å². The van der Waals surface area contributed by atoms with Gasteiger partial charge in [-0.3, -0.25) is 4.79 Å². The van der Waals surface area contributed by atoms with Gasteiger partial charge in [0, 0.05) is 5.39 Å². The van der Waals surface area contributed by atoms with Crippen LogP contribution in [0.15, 0.2) is 47.3 Å². The van der Waals surface area contributed by atoms with Crippen molar-refractivity contribution in [2.24, 2.45) is 0 Å². The summed E-state index contributed by atoms with van der Waals surface area (Å²) in [6.45, 7) is 0. The number of aromatic nitrogens is 2. The zero-order chi connectivity index (χ0) is 14.3. The van der Waals surface area contributed by atoms with Crippen LogP contribution in [-0.2, 0) is 0 Å². The lowest BCUT2D eigenvalue weighted by atomic mass is 10.2. The number of halogens is 3. The molecule has 0 aliphatic rings. The van der Waals surface area contributed by atoms with Gasteiger partial charge in [-0.1, -0.05) is 41.4 Å². The lowest BCUT2D eigenvalue weighted by Crippen LogP contribution is -2.21. The average molecular weight is 309 g/mol. The SMILES string of the molecule is O=c1c2ccccc2c(Cl)nn1-c1ccc(F)c(Cl)c1. The highest BCUT2D eigenvalue weighted by Gasteiger charge is 2.11. The lowest BCUT2D eigenvalue weighted by Gasteiger charge is -2.08. The van der Waals surface area contributed by atoms with Gasteiger partial charge in [0.1, 0.15) is 5.82 Å². The Labute approximate surface area is 123 Å². The molecule has 0 aliphatic carbocycles. The van der Waals surface area contributed by atoms with Crippen LogP contribution in [0.1, 0.15) is 0 Å². The molecule has 3 nitrogen and oxygen atoms in total. The first-order valence-corrected chi connectivity index (χ1v) is 6.46. The van der Waals surface area contributed by atoms with Crippen molar-refractivity contribution in [1.82, 2.24) is 9.78 Å². The lowest BCUT2D eigenvalue weighted by molar-refractivity contribution is 0.627. The van der Waals surface area contributed by atoms with Crippen molar-refractivity contribution in [2.45, 2.75) is 0 Å². The van der Waals surface area contributed by atoms with E-state index in [0.29, 0.717) is 16.5 Å². The Morgan fingerprint density at radius 3 is 2.45 bits per heavy atom. The van der Waals surface area contributed by atoms with Crippen molar-refractivity contribution in [1.29, 1.82) is 0 Å². The van der Waals surface area contributed by atoms with Crippen molar-refractivity contribution < 1.29 is 4.39 Å². The molecular weight excluding hydrogens is 302 g/mol. The molecule has 1 heterocycles. The molecule has 0 atom stereocenters. The molecule has 6 heteroatoms. The Hall–Kier alpha value is -1.91. The number of nitrogens with zero attached hydrogens (tertiary/aromatic N) is 2. The summed E-state index contributed by atoms with van der Waals surface area (Å²) in [6, 6.07) is 10.8. The van der Waals surface area contributed by atoms with Crippen molar-refractivity contribution in [2.75, 3.05) is 0 Å². The van der Waals surface area contributed by atoms with Gasteiger partial charge in [-0.25, -0.2) is 4.39 Å². The zero-order valence-electron chi connectivity index (χ0n) is 9.98. The maximum atomic E-state index is 13.2. The predicted octanol–water partition coefficient (Wildman–Crippen LogP) is 3.83. The van der Waals surface area contributed by atoms with E-state index in [4.69, 9.17) is 23.2 Å². The summed E-state index contributed by atoms with van der Waals surface area (Å²) >= 11 is 11.8. The molecule has 0 fully saturated rings. The van der Waals surface area contributed by atoms with E-state index in [9.17, 15) is 9.18 Å². The highest BCUT2D eigenvalue weighted by atomic mass is 35.5. The number of benzene rings is 2. The summed E-state index contributed by atoms with van der Waals surface area (Å²) in [7, 11) is 0. The van der Waals surface area contributed by atoms with Crippen LogP contribution in [-0.4, -0.2) is 9.78 Å². The van der Waals surface area contributed by atoms with Crippen LogP contribution in [0.2, 0.25) is 10.2 Å². The molecule has 0 radical (unpaired) electrons. The molecule has 0 saturated heterocycles. The van der Waals surface area contributed by atoms with E-state index < -0.39 is 5.82 Å². The minimum atomic E-state index is -0.560. The molecule has 0 amide bonds. The largest absolute Gasteiger partial charge is 0.279 e. The molecule has 0 aliphatic heterocycles. The maximum absolute atomic E-state index is 13.2. The van der Waals surface area contributed by atoms with Gasteiger partial charge in [0.25, 0.3) is 5.56 Å². The highest BCUT2D eigenvalue weighted by molar-refractivity contribution is 6.34. The van der Waals surface area contributed by atoms with Crippen LogP contribution in [0.3, 0.4) is 0 Å². The molecule has 3 rings (SSSR count). The molecule has 0 spiro atoms. The van der Waals surface area contributed by atoms with Crippen molar-refractivity contribution in [3.05, 3.63) is 68.8 Å². The minimum Gasteiger partial charge on any atom is -0.267 e. The fourth-order valence-electron chi connectivity index (χ4n) is 1.94. The van der Waals surface area contributed by atoms with E-state index in [-0.39, 0.29) is 15.7 Å². The van der Waals surface area contributed by atoms with Crippen molar-refractivity contribution >= 4 is 34.0 Å². The molecule has 100 valence electrons. The van der Waals surface area contributed by atoms with Gasteiger partial charge in [-0.05, 0) is 24.3 Å². The minimum absolute atomic E-state index is 0.0829. The summed E-state index contributed by atoms with van der Waals surface area (Å²) < 4.78 is 14.3. The van der Waals surface area contributed by atoms with Gasteiger partial charge in [-0.15, -0.1) is 0 Å². The normalized spacial score (nSPS) is 10.9. The van der Waals surface area contributed by atoms with E-state index in [1.807, 2.05) is 0 Å². The van der Waals surface area contributed by atoms with E-state index in [0.717, 1.165) is 4.68 Å². The van der Waals surface area contributed by atoms with E-state index in [2.05, 4.69) is 5.10 Å². The van der Waals surface area contributed by atoms with Crippen molar-refractivity contribution in [3.8, 4) is 5.69 Å². The molecular formula is C14H7Cl2FN2O. The van der Waals surface area contributed by atoms with Gasteiger partial charge in [0.15, 0.2) is 5.15 Å². The Kier molecular flexibility index (Phi) is 3.20. The van der Waals surface area contributed by atoms with E-state index >= 15 is 0 Å². The zero-order valence-corrected chi connectivity index (χ0v) is 11.5. The third-order valence-corrected chi connectivity index (χ3v) is 3.48. The smallest absolute Gasteiger partial charge is 0.267 e. The molecule has 0 N–H and O–H groups in total. The summed E-state index contributed by atoms with van der Waals surface area (Å²) in [5.74, 6) is -0.560. The Morgan fingerprint density at radius 2 is 1.75 bits per heavy atom. The Balaban J connectivity index is 2.34. The number of fused-ring (bicyclic) bond motifs is 1. The molecule has 0 bridgehead atoms. The monoisotopic (exact) mass is 308 g/mol. The molecule has 0 saturated carbocycles. The summed E-state index contributed by atoms with van der Waals surface area (Å²) in [4.78, 5) is 12.4. The van der Waals surface area contributed by atoms with Gasteiger partial charge in [0.05, 0.1) is 16.1 Å². The second-order valence-electron chi connectivity index (χ2n) is 4.15. The van der Waals surface area contributed by atoms with Gasteiger partial charge in [-0.2, -0.15) is 9.78 Å². The topological polar surface area (TPSA) is 34.9 Å². The summed E-state index contributed by atoms with van der Waals surface area (Å²) in [5.41, 5.74) is 0.0155. The van der Waals surface area contributed by atoms with Crippen LogP contribution >= 0.6 is 23.2 Å². The maximum Gasteiger partial charge on any atom is 0.279 e. The first-order valence-electron chi connectivity index (χ1n) is 5.71. The molecule has 3 aromatic rings. The predicted molar refractivity (Wildman–Crippen MR) is 77.3 cm³/mol. The molecule has 20 heavy (non-hydrogen) atoms. The third-order valence-electron chi connectivity index (χ3n) is 2.91. The fourth-order valence-corrected chi connectivity index (χ4v) is 2.36. The molecule has 1 aromatic heterocycles. The van der Waals surface area contributed by atoms with Crippen LogP contribution in [0, 0.1) is 5.82 Å². The van der Waals surface area contributed by atoms with Crippen LogP contribution in [0.4, 0.5) is 4.39 Å². The Morgan fingerprint density at radius 1 is 1.05 bits per heavy atom. The standard InChI is InChI=1S/C14H7Cl2FN2O/c15-11-7-8(5-6-12(11)17)19-14(20)10-4-2-1-3-9(10)13(16)18-19/h1-7H. The second kappa shape index (κ2) is 4.89. The van der Waals surface area contributed by atoms with Gasteiger partial charge in [0.2, 0.25) is 0 Å². The summed E-state index contributed by atoms with van der Waals surface area (Å²) in [5, 5.41) is 5.15. The second-order valence-corrected chi connectivity index (χ2v) is 4.92. The van der Waals surface area contributed by atoms with Crippen LogP contribution in [0.25, 0.3) is 16.5 Å².